The fourth-order valence-electron chi connectivity index (χ4n) is 3.37. The van der Waals surface area contributed by atoms with Crippen molar-refractivity contribution in [3.63, 3.8) is 0 Å². The van der Waals surface area contributed by atoms with Crippen molar-refractivity contribution in [2.45, 2.75) is 40.0 Å². The van der Waals surface area contributed by atoms with Gasteiger partial charge in [-0.2, -0.15) is 0 Å². The molecule has 1 aliphatic heterocycles. The first-order valence-corrected chi connectivity index (χ1v) is 8.75. The maximum atomic E-state index is 4.45. The molecule has 1 atom stereocenters. The predicted octanol–water partition coefficient (Wildman–Crippen LogP) is 2.90. The molecule has 3 rings (SSSR count). The van der Waals surface area contributed by atoms with E-state index in [0.29, 0.717) is 11.9 Å². The summed E-state index contributed by atoms with van der Waals surface area (Å²) in [4.78, 5) is 20.1. The molecule has 0 radical (unpaired) electrons. The van der Waals surface area contributed by atoms with Crippen LogP contribution >= 0.6 is 0 Å². The first-order valence-electron chi connectivity index (χ1n) is 8.75. The van der Waals surface area contributed by atoms with Crippen molar-refractivity contribution in [2.75, 3.05) is 25.0 Å². The third kappa shape index (κ3) is 4.47. The van der Waals surface area contributed by atoms with Gasteiger partial charge in [-0.25, -0.2) is 19.9 Å². The number of likely N-dealkylation sites (tertiary alicyclic amines) is 1. The molecule has 0 aliphatic carbocycles. The lowest BCUT2D eigenvalue weighted by atomic mass is 9.93. The lowest BCUT2D eigenvalue weighted by Gasteiger charge is -2.31. The van der Waals surface area contributed by atoms with Crippen LogP contribution in [0.3, 0.4) is 0 Å². The van der Waals surface area contributed by atoms with Crippen molar-refractivity contribution in [1.82, 2.24) is 24.8 Å². The molecule has 128 valence electrons. The molecule has 0 saturated carbocycles. The summed E-state index contributed by atoms with van der Waals surface area (Å²) < 4.78 is 0. The summed E-state index contributed by atoms with van der Waals surface area (Å²) in [5, 5.41) is 3.20. The Morgan fingerprint density at radius 2 is 1.96 bits per heavy atom. The van der Waals surface area contributed by atoms with Gasteiger partial charge < -0.3 is 10.2 Å². The van der Waals surface area contributed by atoms with E-state index in [0.717, 1.165) is 35.9 Å². The molecule has 0 spiro atoms. The molecule has 1 saturated heterocycles. The summed E-state index contributed by atoms with van der Waals surface area (Å²) in [6.07, 6.45) is 5.19. The van der Waals surface area contributed by atoms with E-state index >= 15 is 0 Å². The number of rotatable bonds is 5. The quantitative estimate of drug-likeness (QED) is 0.911. The fraction of sp³-hybridized carbons (Fsp3) is 0.556. The molecule has 2 aromatic rings. The average molecular weight is 326 g/mol. The standard InChI is InChI=1S/C18H26N6/c1-4-24-7-5-6-15(11-24)9-16-10-17(20-12-19-16)23-18-21-13(2)8-14(3)22-18/h8,10,12,15H,4-7,9,11H2,1-3H3,(H,19,20,21,22,23). The summed E-state index contributed by atoms with van der Waals surface area (Å²) >= 11 is 0. The van der Waals surface area contributed by atoms with Gasteiger partial charge in [0.1, 0.15) is 12.1 Å². The van der Waals surface area contributed by atoms with Crippen LogP contribution in [0.25, 0.3) is 0 Å². The topological polar surface area (TPSA) is 66.8 Å². The number of nitrogens with zero attached hydrogens (tertiary/aromatic N) is 5. The highest BCUT2D eigenvalue weighted by atomic mass is 15.1. The second-order valence-electron chi connectivity index (χ2n) is 6.60. The van der Waals surface area contributed by atoms with E-state index in [1.807, 2.05) is 26.0 Å². The molecule has 3 heterocycles. The molecular weight excluding hydrogens is 300 g/mol. The molecule has 6 nitrogen and oxygen atoms in total. The van der Waals surface area contributed by atoms with Gasteiger partial charge in [-0.1, -0.05) is 6.92 Å². The number of hydrogen-bond acceptors (Lipinski definition) is 6. The lowest BCUT2D eigenvalue weighted by Crippen LogP contribution is -2.36. The molecule has 0 bridgehead atoms. The number of nitrogens with one attached hydrogen (secondary N) is 1. The monoisotopic (exact) mass is 326 g/mol. The Labute approximate surface area is 143 Å². The third-order valence-corrected chi connectivity index (χ3v) is 4.49. The highest BCUT2D eigenvalue weighted by Crippen LogP contribution is 2.21. The van der Waals surface area contributed by atoms with E-state index in [1.54, 1.807) is 6.33 Å². The summed E-state index contributed by atoms with van der Waals surface area (Å²) in [6.45, 7) is 9.70. The largest absolute Gasteiger partial charge is 0.309 e. The Balaban J connectivity index is 1.67. The van der Waals surface area contributed by atoms with Gasteiger partial charge in [0.2, 0.25) is 5.95 Å². The number of anilines is 2. The van der Waals surface area contributed by atoms with Crippen LogP contribution in [-0.2, 0) is 6.42 Å². The normalized spacial score (nSPS) is 18.5. The van der Waals surface area contributed by atoms with Crippen LogP contribution < -0.4 is 5.32 Å². The van der Waals surface area contributed by atoms with Gasteiger partial charge in [0.05, 0.1) is 0 Å². The van der Waals surface area contributed by atoms with E-state index in [-0.39, 0.29) is 0 Å². The Kier molecular flexibility index (Phi) is 5.35. The third-order valence-electron chi connectivity index (χ3n) is 4.49. The van der Waals surface area contributed by atoms with Crippen molar-refractivity contribution in [3.05, 3.63) is 35.5 Å². The van der Waals surface area contributed by atoms with Gasteiger partial charge in [-0.05, 0) is 58.2 Å². The Morgan fingerprint density at radius 3 is 2.71 bits per heavy atom. The zero-order valence-electron chi connectivity index (χ0n) is 14.8. The lowest BCUT2D eigenvalue weighted by molar-refractivity contribution is 0.181. The molecule has 1 aliphatic rings. The predicted molar refractivity (Wildman–Crippen MR) is 95.4 cm³/mol. The van der Waals surface area contributed by atoms with Crippen LogP contribution in [0, 0.1) is 19.8 Å². The molecule has 1 fully saturated rings. The summed E-state index contributed by atoms with van der Waals surface area (Å²) in [5.41, 5.74) is 2.97. The fourth-order valence-corrected chi connectivity index (χ4v) is 3.37. The van der Waals surface area contributed by atoms with Gasteiger partial charge >= 0.3 is 0 Å². The van der Waals surface area contributed by atoms with E-state index < -0.39 is 0 Å². The zero-order valence-corrected chi connectivity index (χ0v) is 14.8. The van der Waals surface area contributed by atoms with Crippen molar-refractivity contribution < 1.29 is 0 Å². The highest BCUT2D eigenvalue weighted by molar-refractivity contribution is 5.48. The minimum absolute atomic E-state index is 0.590. The van der Waals surface area contributed by atoms with Gasteiger partial charge in [0.15, 0.2) is 0 Å². The summed E-state index contributed by atoms with van der Waals surface area (Å²) in [5.74, 6) is 2.03. The second-order valence-corrected chi connectivity index (χ2v) is 6.60. The van der Waals surface area contributed by atoms with E-state index in [1.165, 1.54) is 25.9 Å². The summed E-state index contributed by atoms with van der Waals surface area (Å²) in [7, 11) is 0. The molecular formula is C18H26N6. The Bertz CT molecular complexity index is 667. The number of hydrogen-bond donors (Lipinski definition) is 1. The van der Waals surface area contributed by atoms with Crippen molar-refractivity contribution in [3.8, 4) is 0 Å². The van der Waals surface area contributed by atoms with Crippen LogP contribution in [0.5, 0.6) is 0 Å². The zero-order chi connectivity index (χ0) is 16.9. The van der Waals surface area contributed by atoms with Gasteiger partial charge in [0.25, 0.3) is 0 Å². The van der Waals surface area contributed by atoms with Crippen molar-refractivity contribution in [1.29, 1.82) is 0 Å². The van der Waals surface area contributed by atoms with Crippen LogP contribution in [0.15, 0.2) is 18.5 Å². The Morgan fingerprint density at radius 1 is 1.17 bits per heavy atom. The highest BCUT2D eigenvalue weighted by Gasteiger charge is 2.19. The maximum Gasteiger partial charge on any atom is 0.228 e. The first kappa shape index (κ1) is 16.8. The van der Waals surface area contributed by atoms with E-state index in [2.05, 4.69) is 37.1 Å². The minimum Gasteiger partial charge on any atom is -0.309 e. The van der Waals surface area contributed by atoms with Gasteiger partial charge in [0, 0.05) is 29.7 Å². The first-order chi connectivity index (χ1) is 11.6. The van der Waals surface area contributed by atoms with Crippen LogP contribution in [0.1, 0.15) is 36.8 Å². The number of piperidine rings is 1. The smallest absolute Gasteiger partial charge is 0.228 e. The van der Waals surface area contributed by atoms with Crippen LogP contribution in [0.4, 0.5) is 11.8 Å². The SMILES string of the molecule is CCN1CCCC(Cc2cc(Nc3nc(C)cc(C)n3)ncn2)C1. The molecule has 2 aromatic heterocycles. The molecule has 1 unspecified atom stereocenters. The van der Waals surface area contributed by atoms with Crippen molar-refractivity contribution in [2.24, 2.45) is 5.92 Å². The number of aryl methyl sites for hydroxylation is 2. The van der Waals surface area contributed by atoms with Gasteiger partial charge in [-0.3, -0.25) is 0 Å². The minimum atomic E-state index is 0.590. The molecule has 1 N–H and O–H groups in total. The Hall–Kier alpha value is -2.08. The van der Waals surface area contributed by atoms with E-state index in [9.17, 15) is 0 Å². The molecule has 0 amide bonds. The maximum absolute atomic E-state index is 4.45. The molecule has 24 heavy (non-hydrogen) atoms. The molecule has 6 heteroatoms. The average Bonchev–Trinajstić information content (AvgIpc) is 2.54. The van der Waals surface area contributed by atoms with Gasteiger partial charge in [-0.15, -0.1) is 0 Å². The van der Waals surface area contributed by atoms with Crippen LogP contribution in [0.2, 0.25) is 0 Å². The summed E-state index contributed by atoms with van der Waals surface area (Å²) in [6, 6.07) is 3.98. The second kappa shape index (κ2) is 7.66. The van der Waals surface area contributed by atoms with E-state index in [4.69, 9.17) is 0 Å². The van der Waals surface area contributed by atoms with Crippen molar-refractivity contribution >= 4 is 11.8 Å². The number of aromatic nitrogens is 4. The van der Waals surface area contributed by atoms with Crippen LogP contribution in [-0.4, -0.2) is 44.5 Å². The molecule has 0 aromatic carbocycles.